The number of alkyl halides is 2. The van der Waals surface area contributed by atoms with Crippen molar-refractivity contribution in [2.45, 2.75) is 12.3 Å². The van der Waals surface area contributed by atoms with Gasteiger partial charge in [-0.3, -0.25) is 0 Å². The van der Waals surface area contributed by atoms with Crippen LogP contribution in [0.25, 0.3) is 0 Å². The molecule has 1 fully saturated rings. The summed E-state index contributed by atoms with van der Waals surface area (Å²) in [6.45, 7) is -0.922. The molecule has 0 saturated carbocycles. The Balaban J connectivity index is 0.00000256. The zero-order valence-electron chi connectivity index (χ0n) is 9.19. The second-order valence-electron chi connectivity index (χ2n) is 3.89. The zero-order chi connectivity index (χ0) is 12.2. The first-order valence-electron chi connectivity index (χ1n) is 4.98. The van der Waals surface area contributed by atoms with Crippen LogP contribution >= 0.6 is 12.4 Å². The maximum absolute atomic E-state index is 12.7. The molecule has 1 unspecified atom stereocenters. The summed E-state index contributed by atoms with van der Waals surface area (Å²) in [5.74, 6) is -3.48. The van der Waals surface area contributed by atoms with Crippen LogP contribution in [0.5, 0.6) is 0 Å². The summed E-state index contributed by atoms with van der Waals surface area (Å²) in [4.78, 5) is 0. The second-order valence-corrected chi connectivity index (χ2v) is 5.74. The summed E-state index contributed by atoms with van der Waals surface area (Å²) in [7, 11) is -3.67. The first-order chi connectivity index (χ1) is 7.35. The maximum atomic E-state index is 12.7. The molecule has 1 saturated heterocycles. The highest BCUT2D eigenvalue weighted by Gasteiger charge is 2.30. The van der Waals surface area contributed by atoms with Gasteiger partial charge in [0.05, 0.1) is 25.4 Å². The summed E-state index contributed by atoms with van der Waals surface area (Å²) >= 11 is 0. The van der Waals surface area contributed by atoms with Crippen molar-refractivity contribution in [3.05, 3.63) is 0 Å². The molecule has 0 radical (unpaired) electrons. The van der Waals surface area contributed by atoms with Crippen molar-refractivity contribution in [2.24, 2.45) is 11.7 Å². The van der Waals surface area contributed by atoms with Crippen LogP contribution in [0.4, 0.5) is 8.78 Å². The van der Waals surface area contributed by atoms with Crippen LogP contribution in [0.1, 0.15) is 6.42 Å². The summed E-state index contributed by atoms with van der Waals surface area (Å²) in [5.41, 5.74) is 4.79. The number of nitrogens with one attached hydrogen (secondary N) is 1. The molecule has 1 aliphatic rings. The van der Waals surface area contributed by atoms with Crippen LogP contribution in [0.15, 0.2) is 0 Å². The highest BCUT2D eigenvalue weighted by molar-refractivity contribution is 7.89. The Hall–Kier alpha value is -0.0200. The third-order valence-corrected chi connectivity index (χ3v) is 3.82. The third-order valence-electron chi connectivity index (χ3n) is 2.33. The van der Waals surface area contributed by atoms with Gasteiger partial charge < -0.3 is 10.5 Å². The minimum atomic E-state index is -3.67. The molecule has 1 atom stereocenters. The van der Waals surface area contributed by atoms with Crippen molar-refractivity contribution in [3.8, 4) is 0 Å². The van der Waals surface area contributed by atoms with Gasteiger partial charge in [0.25, 0.3) is 5.92 Å². The predicted molar refractivity (Wildman–Crippen MR) is 62.0 cm³/mol. The number of ether oxygens (including phenoxy) is 1. The van der Waals surface area contributed by atoms with Crippen molar-refractivity contribution in [1.82, 2.24) is 4.72 Å². The van der Waals surface area contributed by atoms with Gasteiger partial charge in [-0.15, -0.1) is 12.4 Å². The van der Waals surface area contributed by atoms with E-state index in [1.165, 1.54) is 0 Å². The highest BCUT2D eigenvalue weighted by Crippen LogP contribution is 2.15. The number of sulfonamides is 1. The minimum absolute atomic E-state index is 0. The van der Waals surface area contributed by atoms with Crippen LogP contribution in [-0.2, 0) is 14.8 Å². The third kappa shape index (κ3) is 6.46. The number of hydrogen-bond acceptors (Lipinski definition) is 4. The van der Waals surface area contributed by atoms with Crippen molar-refractivity contribution in [2.75, 3.05) is 32.1 Å². The Bertz CT molecular complexity index is 321. The first kappa shape index (κ1) is 17.0. The predicted octanol–water partition coefficient (Wildman–Crippen LogP) is -0.0419. The van der Waals surface area contributed by atoms with Crippen LogP contribution in [0.2, 0.25) is 0 Å². The van der Waals surface area contributed by atoms with Gasteiger partial charge in [0.15, 0.2) is 0 Å². The molecule has 0 aromatic heterocycles. The van der Waals surface area contributed by atoms with Gasteiger partial charge in [0, 0.05) is 6.61 Å². The number of hydrogen-bond donors (Lipinski definition) is 2. The molecule has 3 N–H and O–H groups in total. The van der Waals surface area contributed by atoms with Crippen molar-refractivity contribution in [3.63, 3.8) is 0 Å². The van der Waals surface area contributed by atoms with E-state index < -0.39 is 29.0 Å². The van der Waals surface area contributed by atoms with E-state index >= 15 is 0 Å². The average molecular weight is 295 g/mol. The van der Waals surface area contributed by atoms with Gasteiger partial charge in [-0.2, -0.15) is 0 Å². The average Bonchev–Trinajstić information content (AvgIpc) is 2.67. The van der Waals surface area contributed by atoms with Crippen LogP contribution in [-0.4, -0.2) is 46.4 Å². The summed E-state index contributed by atoms with van der Waals surface area (Å²) in [6, 6.07) is 0. The molecule has 0 aromatic rings. The molecule has 1 aliphatic heterocycles. The lowest BCUT2D eigenvalue weighted by Crippen LogP contribution is -2.43. The SMILES string of the molecule is Cl.NCC(F)(F)CNS(=O)(=O)CC1CCOC1. The molecular weight excluding hydrogens is 278 g/mol. The summed E-state index contributed by atoms with van der Waals surface area (Å²) in [6.07, 6.45) is 0.647. The lowest BCUT2D eigenvalue weighted by molar-refractivity contribution is 0.0170. The number of halogens is 3. The van der Waals surface area contributed by atoms with Gasteiger partial charge in [-0.1, -0.05) is 0 Å². The topological polar surface area (TPSA) is 81.4 Å². The second kappa shape index (κ2) is 6.79. The van der Waals surface area contributed by atoms with Crippen molar-refractivity contribution < 1.29 is 21.9 Å². The van der Waals surface area contributed by atoms with Gasteiger partial charge in [-0.25, -0.2) is 21.9 Å². The molecule has 5 nitrogen and oxygen atoms in total. The monoisotopic (exact) mass is 294 g/mol. The normalized spacial score (nSPS) is 21.2. The molecule has 9 heteroatoms. The molecular formula is C8H17ClF2N2O3S. The first-order valence-corrected chi connectivity index (χ1v) is 6.63. The molecule has 0 bridgehead atoms. The van der Waals surface area contributed by atoms with Gasteiger partial charge in [-0.05, 0) is 12.3 Å². The molecule has 0 amide bonds. The molecule has 0 aromatic carbocycles. The van der Waals surface area contributed by atoms with E-state index in [1.807, 2.05) is 4.72 Å². The van der Waals surface area contributed by atoms with Crippen LogP contribution in [0, 0.1) is 5.92 Å². The lowest BCUT2D eigenvalue weighted by Gasteiger charge is -2.15. The Morgan fingerprint density at radius 1 is 1.47 bits per heavy atom. The summed E-state index contributed by atoms with van der Waals surface area (Å²) in [5, 5.41) is 0. The van der Waals surface area contributed by atoms with Gasteiger partial charge in [0.1, 0.15) is 0 Å². The largest absolute Gasteiger partial charge is 0.381 e. The van der Waals surface area contributed by atoms with E-state index in [4.69, 9.17) is 10.5 Å². The molecule has 17 heavy (non-hydrogen) atoms. The van der Waals surface area contributed by atoms with E-state index in [1.54, 1.807) is 0 Å². The van der Waals surface area contributed by atoms with Gasteiger partial charge in [0.2, 0.25) is 10.0 Å². The quantitative estimate of drug-likeness (QED) is 0.720. The van der Waals surface area contributed by atoms with E-state index in [9.17, 15) is 17.2 Å². The molecule has 1 rings (SSSR count). The molecule has 104 valence electrons. The Morgan fingerprint density at radius 2 is 2.12 bits per heavy atom. The Morgan fingerprint density at radius 3 is 2.59 bits per heavy atom. The fourth-order valence-electron chi connectivity index (χ4n) is 1.37. The van der Waals surface area contributed by atoms with Gasteiger partial charge >= 0.3 is 0 Å². The molecule has 1 heterocycles. The molecule has 0 aliphatic carbocycles. The van der Waals surface area contributed by atoms with Crippen molar-refractivity contribution in [1.29, 1.82) is 0 Å². The summed E-state index contributed by atoms with van der Waals surface area (Å²) < 4.78 is 55.1. The smallest absolute Gasteiger partial charge is 0.273 e. The molecule has 0 spiro atoms. The van der Waals surface area contributed by atoms with E-state index in [-0.39, 0.29) is 24.1 Å². The Labute approximate surface area is 106 Å². The van der Waals surface area contributed by atoms with E-state index in [2.05, 4.69) is 0 Å². The minimum Gasteiger partial charge on any atom is -0.381 e. The standard InChI is InChI=1S/C8H16F2N2O3S.ClH/c9-8(10,5-11)6-12-16(13,14)4-7-1-2-15-3-7;/h7,12H,1-6,11H2;1H. The number of nitrogens with two attached hydrogens (primary N) is 1. The zero-order valence-corrected chi connectivity index (χ0v) is 10.8. The van der Waals surface area contributed by atoms with Crippen LogP contribution < -0.4 is 10.5 Å². The van der Waals surface area contributed by atoms with Crippen LogP contribution in [0.3, 0.4) is 0 Å². The fraction of sp³-hybridized carbons (Fsp3) is 1.00. The lowest BCUT2D eigenvalue weighted by atomic mass is 10.2. The number of rotatable bonds is 6. The van der Waals surface area contributed by atoms with E-state index in [0.29, 0.717) is 19.6 Å². The highest BCUT2D eigenvalue weighted by atomic mass is 35.5. The maximum Gasteiger partial charge on any atom is 0.273 e. The fourth-order valence-corrected chi connectivity index (χ4v) is 2.80. The van der Waals surface area contributed by atoms with E-state index in [0.717, 1.165) is 0 Å². The Kier molecular flexibility index (Phi) is 6.78. The van der Waals surface area contributed by atoms with Crippen molar-refractivity contribution >= 4 is 22.4 Å².